The topological polar surface area (TPSA) is 141 Å². The zero-order chi connectivity index (χ0) is 29.4. The molecule has 0 amide bonds. The van der Waals surface area contributed by atoms with Crippen LogP contribution in [0, 0.1) is 0 Å². The Balaban J connectivity index is 1.67. The van der Waals surface area contributed by atoms with Crippen LogP contribution in [0.5, 0.6) is 0 Å². The SMILES string of the molecule is CO[C@H]1O[C@@H]([C@@H](COC(=O)c2ccccc2)OC(=O)c2ccccc2)[C@@H](OC(=O)c2ccccc2)[C@@H]1OS(C)(=O)=O. The van der Waals surface area contributed by atoms with Crippen molar-refractivity contribution in [2.75, 3.05) is 20.0 Å². The smallest absolute Gasteiger partial charge is 0.338 e. The van der Waals surface area contributed by atoms with Crippen LogP contribution < -0.4 is 0 Å². The normalized spacial score (nSPS) is 21.0. The van der Waals surface area contributed by atoms with E-state index in [4.69, 9.17) is 27.9 Å². The van der Waals surface area contributed by atoms with Gasteiger partial charge in [0.15, 0.2) is 24.6 Å². The van der Waals surface area contributed by atoms with Crippen LogP contribution in [0.3, 0.4) is 0 Å². The number of benzene rings is 3. The van der Waals surface area contributed by atoms with Crippen LogP contribution in [0.25, 0.3) is 0 Å². The summed E-state index contributed by atoms with van der Waals surface area (Å²) in [6.07, 6.45) is -6.23. The summed E-state index contributed by atoms with van der Waals surface area (Å²) in [5.74, 6) is -2.32. The van der Waals surface area contributed by atoms with Crippen molar-refractivity contribution in [2.24, 2.45) is 0 Å². The molecule has 0 N–H and O–H groups in total. The second-order valence-corrected chi connectivity index (χ2v) is 10.6. The summed E-state index contributed by atoms with van der Waals surface area (Å²) in [6, 6.07) is 24.1. The average molecular weight is 585 g/mol. The number of carbonyl (C=O) groups is 3. The van der Waals surface area contributed by atoms with Crippen molar-refractivity contribution < 1.29 is 50.7 Å². The van der Waals surface area contributed by atoms with E-state index in [-0.39, 0.29) is 16.7 Å². The highest BCUT2D eigenvalue weighted by molar-refractivity contribution is 7.86. The van der Waals surface area contributed by atoms with Gasteiger partial charge in [-0.1, -0.05) is 54.6 Å². The van der Waals surface area contributed by atoms with Crippen molar-refractivity contribution >= 4 is 28.0 Å². The molecule has 11 nitrogen and oxygen atoms in total. The van der Waals surface area contributed by atoms with Crippen LogP contribution in [-0.2, 0) is 38.0 Å². The van der Waals surface area contributed by atoms with Gasteiger partial charge in [-0.15, -0.1) is 0 Å². The largest absolute Gasteiger partial charge is 0.458 e. The Morgan fingerprint density at radius 2 is 1.24 bits per heavy atom. The van der Waals surface area contributed by atoms with E-state index in [1.807, 2.05) is 0 Å². The Labute approximate surface area is 237 Å². The molecule has 3 aromatic carbocycles. The maximum Gasteiger partial charge on any atom is 0.338 e. The van der Waals surface area contributed by atoms with Crippen LogP contribution in [0.4, 0.5) is 0 Å². The number of rotatable bonds is 11. The Morgan fingerprint density at radius 1 is 0.756 bits per heavy atom. The minimum atomic E-state index is -4.11. The first-order valence-corrected chi connectivity index (χ1v) is 14.3. The minimum Gasteiger partial charge on any atom is -0.458 e. The van der Waals surface area contributed by atoms with E-state index in [0.29, 0.717) is 0 Å². The highest BCUT2D eigenvalue weighted by Gasteiger charge is 2.54. The lowest BCUT2D eigenvalue weighted by molar-refractivity contribution is -0.164. The van der Waals surface area contributed by atoms with Gasteiger partial charge in [-0.3, -0.25) is 4.18 Å². The summed E-state index contributed by atoms with van der Waals surface area (Å²) in [5, 5.41) is 0. The van der Waals surface area contributed by atoms with Gasteiger partial charge in [0.1, 0.15) is 12.7 Å². The Hall–Kier alpha value is -4.10. The quantitative estimate of drug-likeness (QED) is 0.187. The molecule has 0 aromatic heterocycles. The highest BCUT2D eigenvalue weighted by atomic mass is 32.2. The first-order chi connectivity index (χ1) is 19.7. The second-order valence-electron chi connectivity index (χ2n) is 8.98. The monoisotopic (exact) mass is 584 g/mol. The molecular formula is C29H28O11S. The molecular weight excluding hydrogens is 556 g/mol. The summed E-state index contributed by atoms with van der Waals surface area (Å²) in [7, 11) is -2.87. The molecule has 5 atom stereocenters. The third kappa shape index (κ3) is 7.98. The Bertz CT molecular complexity index is 1430. The van der Waals surface area contributed by atoms with Crippen molar-refractivity contribution in [3.63, 3.8) is 0 Å². The van der Waals surface area contributed by atoms with E-state index in [2.05, 4.69) is 0 Å². The molecule has 1 saturated heterocycles. The zero-order valence-electron chi connectivity index (χ0n) is 22.2. The molecule has 1 heterocycles. The van der Waals surface area contributed by atoms with Crippen LogP contribution >= 0.6 is 0 Å². The number of hydrogen-bond acceptors (Lipinski definition) is 11. The molecule has 0 aliphatic carbocycles. The number of carbonyl (C=O) groups excluding carboxylic acids is 3. The van der Waals surface area contributed by atoms with Crippen molar-refractivity contribution in [3.8, 4) is 0 Å². The third-order valence-electron chi connectivity index (χ3n) is 6.00. The maximum atomic E-state index is 13.1. The van der Waals surface area contributed by atoms with E-state index in [1.165, 1.54) is 31.4 Å². The molecule has 0 spiro atoms. The highest BCUT2D eigenvalue weighted by Crippen LogP contribution is 2.32. The number of methoxy groups -OCH3 is 1. The van der Waals surface area contributed by atoms with Gasteiger partial charge in [0.25, 0.3) is 10.1 Å². The van der Waals surface area contributed by atoms with Gasteiger partial charge in [0.2, 0.25) is 0 Å². The molecule has 1 fully saturated rings. The van der Waals surface area contributed by atoms with Crippen LogP contribution in [0.1, 0.15) is 31.1 Å². The van der Waals surface area contributed by atoms with Gasteiger partial charge in [0, 0.05) is 7.11 Å². The summed E-state index contributed by atoms with van der Waals surface area (Å²) in [6.45, 7) is -0.529. The fourth-order valence-electron chi connectivity index (χ4n) is 4.13. The third-order valence-corrected chi connectivity index (χ3v) is 6.57. The molecule has 0 radical (unpaired) electrons. The first kappa shape index (κ1) is 29.9. The number of hydrogen-bond donors (Lipinski definition) is 0. The van der Waals surface area contributed by atoms with Gasteiger partial charge in [-0.2, -0.15) is 8.42 Å². The predicted molar refractivity (Wildman–Crippen MR) is 143 cm³/mol. The fraction of sp³-hybridized carbons (Fsp3) is 0.276. The summed E-state index contributed by atoms with van der Waals surface area (Å²) in [4.78, 5) is 38.8. The van der Waals surface area contributed by atoms with Gasteiger partial charge < -0.3 is 23.7 Å². The van der Waals surface area contributed by atoms with Gasteiger partial charge in [0.05, 0.1) is 22.9 Å². The summed E-state index contributed by atoms with van der Waals surface area (Å²) in [5.41, 5.74) is 0.599. The van der Waals surface area contributed by atoms with Gasteiger partial charge >= 0.3 is 17.9 Å². The molecule has 216 valence electrons. The van der Waals surface area contributed by atoms with Crippen LogP contribution in [0.15, 0.2) is 91.0 Å². The average Bonchev–Trinajstić information content (AvgIpc) is 3.31. The first-order valence-electron chi connectivity index (χ1n) is 12.5. The Kier molecular flexibility index (Phi) is 9.84. The van der Waals surface area contributed by atoms with Gasteiger partial charge in [-0.05, 0) is 36.4 Å². The molecule has 41 heavy (non-hydrogen) atoms. The van der Waals surface area contributed by atoms with Crippen molar-refractivity contribution in [3.05, 3.63) is 108 Å². The lowest BCUT2D eigenvalue weighted by atomic mass is 10.1. The van der Waals surface area contributed by atoms with Crippen LogP contribution in [-0.4, -0.2) is 77.0 Å². The van der Waals surface area contributed by atoms with E-state index in [0.717, 1.165) is 6.26 Å². The lowest BCUT2D eigenvalue weighted by Gasteiger charge is -2.28. The molecule has 12 heteroatoms. The summed E-state index contributed by atoms with van der Waals surface area (Å²) < 4.78 is 57.5. The maximum absolute atomic E-state index is 13.1. The molecule has 3 aromatic rings. The van der Waals surface area contributed by atoms with Gasteiger partial charge in [-0.25, -0.2) is 14.4 Å². The fourth-order valence-corrected chi connectivity index (χ4v) is 4.74. The second kappa shape index (κ2) is 13.5. The zero-order valence-corrected chi connectivity index (χ0v) is 23.0. The van der Waals surface area contributed by atoms with E-state index < -0.39 is 65.3 Å². The van der Waals surface area contributed by atoms with Crippen molar-refractivity contribution in [1.82, 2.24) is 0 Å². The molecule has 0 saturated carbocycles. The Morgan fingerprint density at radius 3 is 1.73 bits per heavy atom. The lowest BCUT2D eigenvalue weighted by Crippen LogP contribution is -2.47. The summed E-state index contributed by atoms with van der Waals surface area (Å²) >= 11 is 0. The molecule has 0 bridgehead atoms. The van der Waals surface area contributed by atoms with Crippen molar-refractivity contribution in [1.29, 1.82) is 0 Å². The standard InChI is InChI=1S/C29H28O11S/c1-35-29-25(40-41(2,33)34)24(38-28(32)21-16-10-5-11-17-21)23(39-29)22(37-27(31)20-14-8-4-9-15-20)18-36-26(30)19-12-6-3-7-13-19/h3-17,22-25,29H,18H2,1-2H3/t22-,23+,24-,25+,29+/m1/s1. The van der Waals surface area contributed by atoms with E-state index >= 15 is 0 Å². The molecule has 1 aliphatic heterocycles. The molecule has 1 aliphatic rings. The molecule has 4 rings (SSSR count). The van der Waals surface area contributed by atoms with E-state index in [9.17, 15) is 22.8 Å². The molecule has 0 unspecified atom stereocenters. The number of esters is 3. The van der Waals surface area contributed by atoms with Crippen LogP contribution in [0.2, 0.25) is 0 Å². The number of ether oxygens (including phenoxy) is 5. The predicted octanol–water partition coefficient (Wildman–Crippen LogP) is 3.01. The minimum absolute atomic E-state index is 0.165. The van der Waals surface area contributed by atoms with Crippen molar-refractivity contribution in [2.45, 2.75) is 30.7 Å². The van der Waals surface area contributed by atoms with E-state index in [1.54, 1.807) is 66.7 Å².